The molecule has 0 fully saturated rings. The lowest BCUT2D eigenvalue weighted by atomic mass is 10.4. The van der Waals surface area contributed by atoms with E-state index >= 15 is 0 Å². The average molecular weight is 293 g/mol. The Hall–Kier alpha value is -1.81. The van der Waals surface area contributed by atoms with Gasteiger partial charge in [-0.3, -0.25) is 14.7 Å². The van der Waals surface area contributed by atoms with Crippen molar-refractivity contribution in [3.63, 3.8) is 0 Å². The highest BCUT2D eigenvalue weighted by Crippen LogP contribution is 2.33. The van der Waals surface area contributed by atoms with Crippen LogP contribution < -0.4 is 11.1 Å². The Labute approximate surface area is 107 Å². The van der Waals surface area contributed by atoms with Gasteiger partial charge in [0.15, 0.2) is 0 Å². The topological polar surface area (TPSA) is 174 Å². The first kappa shape index (κ1) is 15.2. The van der Waals surface area contributed by atoms with Gasteiger partial charge in [0.05, 0.1) is 11.5 Å². The van der Waals surface area contributed by atoms with E-state index in [1.54, 1.807) is 0 Å². The summed E-state index contributed by atoms with van der Waals surface area (Å²) in [7, 11) is -4.21. The Morgan fingerprint density at radius 2 is 2.21 bits per heavy atom. The molecule has 0 aliphatic rings. The summed E-state index contributed by atoms with van der Waals surface area (Å²) < 4.78 is 15.2. The molecule has 0 aliphatic carbocycles. The van der Waals surface area contributed by atoms with Crippen LogP contribution in [0.4, 0.5) is 17.3 Å². The maximum atomic E-state index is 10.7. The van der Waals surface area contributed by atoms with Crippen LogP contribution in [0.25, 0.3) is 0 Å². The Bertz CT molecular complexity index is 505. The van der Waals surface area contributed by atoms with Crippen LogP contribution in [-0.4, -0.2) is 44.2 Å². The highest BCUT2D eigenvalue weighted by Gasteiger charge is 2.20. The van der Waals surface area contributed by atoms with Crippen LogP contribution in [0.2, 0.25) is 0 Å². The van der Waals surface area contributed by atoms with E-state index in [0.717, 1.165) is 6.33 Å². The van der Waals surface area contributed by atoms with Gasteiger partial charge in [0.2, 0.25) is 11.6 Å². The van der Waals surface area contributed by atoms with E-state index in [0.29, 0.717) is 0 Å². The lowest BCUT2D eigenvalue weighted by Gasteiger charge is -2.08. The number of hydrogen-bond acceptors (Lipinski definition) is 8. The smallest absolute Gasteiger partial charge is 0.352 e. The number of nitrogens with one attached hydrogen (secondary N) is 1. The SMILES string of the molecule is Nc1ncnc(NCCOCP(=O)(O)O)c1[N+](=O)[O-]. The minimum atomic E-state index is -4.21. The lowest BCUT2D eigenvalue weighted by molar-refractivity contribution is -0.383. The van der Waals surface area contributed by atoms with E-state index < -0.39 is 24.6 Å². The fourth-order valence-electron chi connectivity index (χ4n) is 1.13. The predicted octanol–water partition coefficient (Wildman–Crippen LogP) is -0.469. The molecule has 0 aliphatic heterocycles. The van der Waals surface area contributed by atoms with Crippen molar-refractivity contribution in [1.29, 1.82) is 0 Å². The summed E-state index contributed by atoms with van der Waals surface area (Å²) in [5, 5.41) is 13.3. The van der Waals surface area contributed by atoms with E-state index in [-0.39, 0.29) is 24.8 Å². The highest BCUT2D eigenvalue weighted by molar-refractivity contribution is 7.51. The van der Waals surface area contributed by atoms with Gasteiger partial charge in [-0.2, -0.15) is 0 Å². The fraction of sp³-hybridized carbons (Fsp3) is 0.429. The molecule has 0 saturated heterocycles. The zero-order chi connectivity index (χ0) is 14.5. The number of nitrogens with two attached hydrogens (primary N) is 1. The first-order valence-corrected chi connectivity index (χ1v) is 6.72. The molecule has 11 nitrogen and oxygen atoms in total. The highest BCUT2D eigenvalue weighted by atomic mass is 31.2. The standard InChI is InChI=1S/C7H12N5O6P/c8-6-5(12(13)14)7(11-3-10-6)9-1-2-18-4-19(15,16)17/h3H,1-2,4H2,(H2,15,16,17)(H3,8,9,10,11). The van der Waals surface area contributed by atoms with E-state index in [4.69, 9.17) is 15.5 Å². The number of nitrogens with zero attached hydrogens (tertiary/aromatic N) is 3. The van der Waals surface area contributed by atoms with Gasteiger partial charge in [0, 0.05) is 6.54 Å². The van der Waals surface area contributed by atoms with Gasteiger partial charge in [-0.1, -0.05) is 0 Å². The van der Waals surface area contributed by atoms with Crippen LogP contribution in [0.15, 0.2) is 6.33 Å². The van der Waals surface area contributed by atoms with Crippen molar-refractivity contribution in [2.45, 2.75) is 0 Å². The molecule has 12 heteroatoms. The second kappa shape index (κ2) is 6.38. The third kappa shape index (κ3) is 5.14. The zero-order valence-corrected chi connectivity index (χ0v) is 10.5. The Kier molecular flexibility index (Phi) is 5.12. The van der Waals surface area contributed by atoms with Crippen LogP contribution in [0.5, 0.6) is 0 Å². The summed E-state index contributed by atoms with van der Waals surface area (Å²) >= 11 is 0. The number of hydrogen-bond donors (Lipinski definition) is 4. The van der Waals surface area contributed by atoms with Crippen molar-refractivity contribution in [3.05, 3.63) is 16.4 Å². The zero-order valence-electron chi connectivity index (χ0n) is 9.59. The Morgan fingerprint density at radius 3 is 2.79 bits per heavy atom. The van der Waals surface area contributed by atoms with E-state index in [1.165, 1.54) is 0 Å². The lowest BCUT2D eigenvalue weighted by Crippen LogP contribution is -2.13. The minimum Gasteiger partial charge on any atom is -0.378 e. The van der Waals surface area contributed by atoms with Crippen LogP contribution in [0.1, 0.15) is 0 Å². The Balaban J connectivity index is 2.52. The monoisotopic (exact) mass is 293 g/mol. The van der Waals surface area contributed by atoms with Crippen molar-refractivity contribution < 1.29 is 24.0 Å². The fourth-order valence-corrected chi connectivity index (χ4v) is 1.49. The maximum Gasteiger partial charge on any atom is 0.352 e. The molecule has 1 aromatic heterocycles. The van der Waals surface area contributed by atoms with Crippen LogP contribution in [0, 0.1) is 10.1 Å². The molecule has 0 spiro atoms. The molecular weight excluding hydrogens is 281 g/mol. The van der Waals surface area contributed by atoms with Crippen molar-refractivity contribution in [2.24, 2.45) is 0 Å². The first-order valence-electron chi connectivity index (χ1n) is 4.92. The predicted molar refractivity (Wildman–Crippen MR) is 64.5 cm³/mol. The maximum absolute atomic E-state index is 10.7. The van der Waals surface area contributed by atoms with Gasteiger partial charge >= 0.3 is 13.3 Å². The molecule has 0 bridgehead atoms. The summed E-state index contributed by atoms with van der Waals surface area (Å²) in [5.41, 5.74) is 4.88. The largest absolute Gasteiger partial charge is 0.378 e. The van der Waals surface area contributed by atoms with E-state index in [1.807, 2.05) is 0 Å². The summed E-state index contributed by atoms with van der Waals surface area (Å²) in [4.78, 5) is 34.2. The Morgan fingerprint density at radius 1 is 1.53 bits per heavy atom. The minimum absolute atomic E-state index is 0.0633. The second-order valence-corrected chi connectivity index (χ2v) is 4.93. The first-order chi connectivity index (χ1) is 8.81. The van der Waals surface area contributed by atoms with Crippen LogP contribution in [-0.2, 0) is 9.30 Å². The third-order valence-electron chi connectivity index (χ3n) is 1.83. The third-order valence-corrected chi connectivity index (χ3v) is 2.35. The van der Waals surface area contributed by atoms with Gasteiger partial charge in [-0.25, -0.2) is 9.97 Å². The summed E-state index contributed by atoms with van der Waals surface area (Å²) in [6, 6.07) is 0. The molecule has 0 amide bonds. The summed E-state index contributed by atoms with van der Waals surface area (Å²) in [6.07, 6.45) is 0.337. The van der Waals surface area contributed by atoms with Gasteiger partial charge < -0.3 is 25.6 Å². The van der Waals surface area contributed by atoms with Crippen molar-refractivity contribution in [1.82, 2.24) is 9.97 Å². The number of aromatic nitrogens is 2. The molecular formula is C7H12N5O6P. The van der Waals surface area contributed by atoms with Crippen LogP contribution in [0.3, 0.4) is 0 Å². The molecule has 0 aromatic carbocycles. The molecule has 5 N–H and O–H groups in total. The van der Waals surface area contributed by atoms with Crippen LogP contribution >= 0.6 is 7.60 Å². The number of rotatable bonds is 7. The van der Waals surface area contributed by atoms with Crippen molar-refractivity contribution >= 4 is 24.9 Å². The summed E-state index contributed by atoms with van der Waals surface area (Å²) in [6.45, 7) is 0.00344. The molecule has 0 atom stereocenters. The van der Waals surface area contributed by atoms with Gasteiger partial charge in [-0.05, 0) is 0 Å². The number of anilines is 2. The number of nitro groups is 1. The number of ether oxygens (including phenoxy) is 1. The molecule has 1 rings (SSSR count). The number of nitrogen functional groups attached to an aromatic ring is 1. The second-order valence-electron chi connectivity index (χ2n) is 3.34. The molecule has 106 valence electrons. The van der Waals surface area contributed by atoms with Gasteiger partial charge in [0.25, 0.3) is 0 Å². The van der Waals surface area contributed by atoms with Crippen molar-refractivity contribution in [3.8, 4) is 0 Å². The van der Waals surface area contributed by atoms with E-state index in [2.05, 4.69) is 20.0 Å². The van der Waals surface area contributed by atoms with E-state index in [9.17, 15) is 14.7 Å². The molecule has 0 saturated carbocycles. The van der Waals surface area contributed by atoms with Gasteiger partial charge in [0.1, 0.15) is 12.7 Å². The molecule has 19 heavy (non-hydrogen) atoms. The summed E-state index contributed by atoms with van der Waals surface area (Å²) in [5.74, 6) is -0.365. The van der Waals surface area contributed by atoms with Crippen molar-refractivity contribution in [2.75, 3.05) is 30.6 Å². The molecule has 0 radical (unpaired) electrons. The average Bonchev–Trinajstić information content (AvgIpc) is 2.26. The molecule has 0 unspecified atom stereocenters. The molecule has 1 aromatic rings. The van der Waals surface area contributed by atoms with Gasteiger partial charge in [-0.15, -0.1) is 0 Å². The quantitative estimate of drug-likeness (QED) is 0.222. The normalized spacial score (nSPS) is 11.3. The molecule has 1 heterocycles.